The second kappa shape index (κ2) is 6.12. The largest absolute Gasteiger partial charge is 0.391 e. The highest BCUT2D eigenvalue weighted by atomic mass is 14.9. The fourth-order valence-corrected chi connectivity index (χ4v) is 0.486. The Morgan fingerprint density at radius 3 is 2.80 bits per heavy atom. The number of nitriles is 1. The van der Waals surface area contributed by atoms with Crippen LogP contribution in [0.4, 0.5) is 0 Å². The summed E-state index contributed by atoms with van der Waals surface area (Å²) in [5.74, 6) is 0. The summed E-state index contributed by atoms with van der Waals surface area (Å²) in [7, 11) is 1.75. The van der Waals surface area contributed by atoms with E-state index < -0.39 is 0 Å². The molecule has 1 atom stereocenters. The molecule has 0 heterocycles. The van der Waals surface area contributed by atoms with Crippen LogP contribution in [0.5, 0.6) is 0 Å². The fourth-order valence-electron chi connectivity index (χ4n) is 0.486. The monoisotopic (exact) mass is 139 g/mol. The molecule has 0 aliphatic carbocycles. The molecule has 0 bridgehead atoms. The van der Waals surface area contributed by atoms with Gasteiger partial charge in [-0.05, 0) is 26.2 Å². The summed E-state index contributed by atoms with van der Waals surface area (Å²) in [4.78, 5) is 0. The Hall–Kier alpha value is -1.01. The van der Waals surface area contributed by atoms with Gasteiger partial charge in [0.1, 0.15) is 6.04 Å². The number of hydrogen-bond donors (Lipinski definition) is 2. The number of rotatable bonds is 4. The van der Waals surface area contributed by atoms with Gasteiger partial charge in [0.25, 0.3) is 0 Å². The van der Waals surface area contributed by atoms with Gasteiger partial charge < -0.3 is 10.6 Å². The summed E-state index contributed by atoms with van der Waals surface area (Å²) in [6, 6.07) is 1.89. The molecule has 3 heteroatoms. The van der Waals surface area contributed by atoms with E-state index >= 15 is 0 Å². The smallest absolute Gasteiger partial charge is 0.115 e. The Morgan fingerprint density at radius 1 is 1.70 bits per heavy atom. The van der Waals surface area contributed by atoms with Crippen LogP contribution in [0.2, 0.25) is 0 Å². The van der Waals surface area contributed by atoms with Crippen molar-refractivity contribution in [3.8, 4) is 6.07 Å². The zero-order valence-electron chi connectivity index (χ0n) is 6.39. The lowest BCUT2D eigenvalue weighted by Crippen LogP contribution is -2.21. The molecule has 0 spiro atoms. The zero-order valence-corrected chi connectivity index (χ0v) is 6.39. The highest BCUT2D eigenvalue weighted by molar-refractivity contribution is 5.04. The van der Waals surface area contributed by atoms with Crippen molar-refractivity contribution in [2.75, 3.05) is 13.6 Å². The van der Waals surface area contributed by atoms with Crippen molar-refractivity contribution >= 4 is 0 Å². The van der Waals surface area contributed by atoms with Crippen LogP contribution in [0.25, 0.3) is 0 Å². The van der Waals surface area contributed by atoms with Gasteiger partial charge in [0.2, 0.25) is 0 Å². The number of hydrogen-bond acceptors (Lipinski definition) is 3. The van der Waals surface area contributed by atoms with Gasteiger partial charge in [-0.3, -0.25) is 0 Å². The summed E-state index contributed by atoms with van der Waals surface area (Å²) in [6.45, 7) is 2.89. The predicted octanol–water partition coefficient (Wildman–Crippen LogP) is 0.221. The molecule has 0 fully saturated rings. The Bertz CT molecular complexity index is 134. The fraction of sp³-hybridized carbons (Fsp3) is 0.571. The van der Waals surface area contributed by atoms with E-state index in [-0.39, 0.29) is 6.04 Å². The Kier molecular flexibility index (Phi) is 5.50. The van der Waals surface area contributed by atoms with E-state index in [4.69, 9.17) is 5.26 Å². The molecule has 0 aromatic rings. The van der Waals surface area contributed by atoms with Crippen molar-refractivity contribution in [1.82, 2.24) is 10.6 Å². The number of likely N-dealkylation sites (N-methyl/N-ethyl adjacent to an activating group) is 1. The molecule has 0 saturated carbocycles. The van der Waals surface area contributed by atoms with Gasteiger partial charge in [-0.15, -0.1) is 0 Å². The topological polar surface area (TPSA) is 47.9 Å². The molecule has 2 N–H and O–H groups in total. The average Bonchev–Trinajstić information content (AvgIpc) is 1.99. The molecule has 3 nitrogen and oxygen atoms in total. The average molecular weight is 139 g/mol. The molecular weight excluding hydrogens is 126 g/mol. The zero-order chi connectivity index (χ0) is 7.82. The van der Waals surface area contributed by atoms with Gasteiger partial charge in [-0.1, -0.05) is 0 Å². The third-order valence-electron chi connectivity index (χ3n) is 1.06. The molecule has 0 saturated heterocycles. The van der Waals surface area contributed by atoms with Gasteiger partial charge in [0.05, 0.1) is 6.07 Å². The summed E-state index contributed by atoms with van der Waals surface area (Å²) < 4.78 is 0. The minimum Gasteiger partial charge on any atom is -0.391 e. The number of nitrogens with one attached hydrogen (secondary N) is 2. The highest BCUT2D eigenvalue weighted by Crippen LogP contribution is 1.79. The van der Waals surface area contributed by atoms with Crippen LogP contribution in [-0.4, -0.2) is 19.6 Å². The maximum Gasteiger partial charge on any atom is 0.115 e. The van der Waals surface area contributed by atoms with Gasteiger partial charge in [-0.2, -0.15) is 5.26 Å². The van der Waals surface area contributed by atoms with E-state index in [1.165, 1.54) is 0 Å². The molecule has 0 aliphatic rings. The van der Waals surface area contributed by atoms with Gasteiger partial charge in [-0.25, -0.2) is 0 Å². The minimum absolute atomic E-state index is 0.181. The van der Waals surface area contributed by atoms with Crippen molar-refractivity contribution in [2.24, 2.45) is 0 Å². The van der Waals surface area contributed by atoms with Crippen LogP contribution in [0.1, 0.15) is 6.92 Å². The SMILES string of the molecule is CCN/C=C\C(C#N)NC. The first-order valence-corrected chi connectivity index (χ1v) is 3.32. The summed E-state index contributed by atoms with van der Waals surface area (Å²) in [5.41, 5.74) is 0. The highest BCUT2D eigenvalue weighted by Gasteiger charge is 1.93. The van der Waals surface area contributed by atoms with Crippen LogP contribution in [-0.2, 0) is 0 Å². The van der Waals surface area contributed by atoms with Crippen molar-refractivity contribution in [3.63, 3.8) is 0 Å². The van der Waals surface area contributed by atoms with Gasteiger partial charge in [0.15, 0.2) is 0 Å². The summed E-state index contributed by atoms with van der Waals surface area (Å²) in [6.07, 6.45) is 3.56. The van der Waals surface area contributed by atoms with Crippen LogP contribution in [0.15, 0.2) is 12.3 Å². The Morgan fingerprint density at radius 2 is 2.40 bits per heavy atom. The van der Waals surface area contributed by atoms with Crippen LogP contribution in [0.3, 0.4) is 0 Å². The van der Waals surface area contributed by atoms with Crippen molar-refractivity contribution < 1.29 is 0 Å². The van der Waals surface area contributed by atoms with E-state index in [1.807, 2.05) is 6.92 Å². The second-order valence-corrected chi connectivity index (χ2v) is 1.81. The van der Waals surface area contributed by atoms with E-state index in [0.29, 0.717) is 0 Å². The van der Waals surface area contributed by atoms with Gasteiger partial charge >= 0.3 is 0 Å². The van der Waals surface area contributed by atoms with E-state index in [2.05, 4.69) is 16.7 Å². The third kappa shape index (κ3) is 3.93. The predicted molar refractivity (Wildman–Crippen MR) is 41.3 cm³/mol. The number of nitrogens with zero attached hydrogens (tertiary/aromatic N) is 1. The Balaban J connectivity index is 3.53. The molecular formula is C7H13N3. The summed E-state index contributed by atoms with van der Waals surface area (Å²) in [5, 5.41) is 14.2. The molecule has 0 aliphatic heterocycles. The molecule has 0 rings (SSSR count). The van der Waals surface area contributed by atoms with Crippen LogP contribution >= 0.6 is 0 Å². The molecule has 1 unspecified atom stereocenters. The standard InChI is InChI=1S/C7H13N3/c1-3-10-5-4-7(6-8)9-2/h4-5,7,9-10H,3H2,1-2H3/b5-4-. The molecule has 10 heavy (non-hydrogen) atoms. The Labute approximate surface area is 61.7 Å². The molecule has 0 amide bonds. The minimum atomic E-state index is -0.181. The van der Waals surface area contributed by atoms with Gasteiger partial charge in [0, 0.05) is 6.54 Å². The molecule has 0 aromatic heterocycles. The normalized spacial score (nSPS) is 12.9. The first-order chi connectivity index (χ1) is 4.85. The first kappa shape index (κ1) is 8.99. The van der Waals surface area contributed by atoms with Crippen molar-refractivity contribution in [1.29, 1.82) is 5.26 Å². The lowest BCUT2D eigenvalue weighted by Gasteiger charge is -1.98. The first-order valence-electron chi connectivity index (χ1n) is 3.32. The molecule has 0 radical (unpaired) electrons. The maximum atomic E-state index is 8.43. The lowest BCUT2D eigenvalue weighted by molar-refractivity contribution is 0.790. The summed E-state index contributed by atoms with van der Waals surface area (Å²) >= 11 is 0. The lowest BCUT2D eigenvalue weighted by atomic mass is 10.3. The second-order valence-electron chi connectivity index (χ2n) is 1.81. The van der Waals surface area contributed by atoms with Crippen molar-refractivity contribution in [3.05, 3.63) is 12.3 Å². The van der Waals surface area contributed by atoms with E-state index in [9.17, 15) is 0 Å². The quantitative estimate of drug-likeness (QED) is 0.585. The van der Waals surface area contributed by atoms with E-state index in [1.54, 1.807) is 19.3 Å². The maximum absolute atomic E-state index is 8.43. The third-order valence-corrected chi connectivity index (χ3v) is 1.06. The van der Waals surface area contributed by atoms with Crippen molar-refractivity contribution in [2.45, 2.75) is 13.0 Å². The van der Waals surface area contributed by atoms with Crippen LogP contribution < -0.4 is 10.6 Å². The molecule has 0 aromatic carbocycles. The molecule has 56 valence electrons. The van der Waals surface area contributed by atoms with Crippen LogP contribution in [0, 0.1) is 11.3 Å². The van der Waals surface area contributed by atoms with E-state index in [0.717, 1.165) is 6.54 Å².